The maximum atomic E-state index is 11.1. The first kappa shape index (κ1) is 10.2. The molecule has 1 fully saturated rings. The molecule has 1 saturated heterocycles. The number of nitrogens with zero attached hydrogens (tertiary/aromatic N) is 1. The van der Waals surface area contributed by atoms with E-state index in [0.29, 0.717) is 6.04 Å². The van der Waals surface area contributed by atoms with Crippen LogP contribution in [0.1, 0.15) is 17.3 Å². The minimum absolute atomic E-state index is 0.123. The minimum atomic E-state index is 0.123. The Kier molecular flexibility index (Phi) is 2.73. The number of anilines is 1. The van der Waals surface area contributed by atoms with Crippen LogP contribution in [0, 0.1) is 0 Å². The second-order valence-corrected chi connectivity index (χ2v) is 3.99. The molecular formula is C12H16N2O. The van der Waals surface area contributed by atoms with Crippen molar-refractivity contribution in [3.63, 3.8) is 0 Å². The van der Waals surface area contributed by atoms with Gasteiger partial charge in [-0.05, 0) is 38.2 Å². The van der Waals surface area contributed by atoms with E-state index in [4.69, 9.17) is 0 Å². The summed E-state index contributed by atoms with van der Waals surface area (Å²) in [5, 5.41) is 3.23. The lowest BCUT2D eigenvalue weighted by Gasteiger charge is -2.40. The molecule has 1 aromatic carbocycles. The number of nitrogens with one attached hydrogen (secondary N) is 1. The van der Waals surface area contributed by atoms with E-state index in [9.17, 15) is 4.79 Å². The van der Waals surface area contributed by atoms with E-state index in [2.05, 4.69) is 10.2 Å². The highest BCUT2D eigenvalue weighted by molar-refractivity contribution is 5.94. The van der Waals surface area contributed by atoms with Gasteiger partial charge in [0, 0.05) is 30.4 Å². The summed E-state index contributed by atoms with van der Waals surface area (Å²) in [5.74, 6) is 0.123. The predicted molar refractivity (Wildman–Crippen MR) is 61.5 cm³/mol. The first-order valence-electron chi connectivity index (χ1n) is 5.24. The Morgan fingerprint density at radius 2 is 1.93 bits per heavy atom. The Morgan fingerprint density at radius 3 is 2.40 bits per heavy atom. The van der Waals surface area contributed by atoms with Gasteiger partial charge in [-0.25, -0.2) is 0 Å². The van der Waals surface area contributed by atoms with Crippen molar-refractivity contribution in [3.05, 3.63) is 29.8 Å². The lowest BCUT2D eigenvalue weighted by Crippen LogP contribution is -2.57. The van der Waals surface area contributed by atoms with E-state index in [1.54, 1.807) is 6.92 Å². The number of carbonyl (C=O) groups excluding carboxylic acids is 1. The topological polar surface area (TPSA) is 32.3 Å². The second kappa shape index (κ2) is 4.03. The lowest BCUT2D eigenvalue weighted by atomic mass is 10.1. The number of Topliss-reactive ketones (excluding diaryl/α,β-unsaturated/α-hetero) is 1. The van der Waals surface area contributed by atoms with Crippen LogP contribution in [0.15, 0.2) is 24.3 Å². The Labute approximate surface area is 90.1 Å². The highest BCUT2D eigenvalue weighted by atomic mass is 16.1. The van der Waals surface area contributed by atoms with Gasteiger partial charge in [0.15, 0.2) is 5.78 Å². The van der Waals surface area contributed by atoms with Crippen molar-refractivity contribution in [1.29, 1.82) is 0 Å². The van der Waals surface area contributed by atoms with E-state index in [1.165, 1.54) is 5.69 Å². The highest BCUT2D eigenvalue weighted by Crippen LogP contribution is 2.21. The summed E-state index contributed by atoms with van der Waals surface area (Å²) in [6, 6.07) is 8.43. The van der Waals surface area contributed by atoms with Crippen LogP contribution < -0.4 is 10.2 Å². The standard InChI is InChI=1S/C12H16N2O/c1-9(15)10-3-5-12(6-4-10)14-7-11(8-14)13-2/h3-6,11,13H,7-8H2,1-2H3. The van der Waals surface area contributed by atoms with Gasteiger partial charge in [0.1, 0.15) is 0 Å². The lowest BCUT2D eigenvalue weighted by molar-refractivity contribution is 0.101. The van der Waals surface area contributed by atoms with Crippen LogP contribution in [0.5, 0.6) is 0 Å². The van der Waals surface area contributed by atoms with Crippen molar-refractivity contribution < 1.29 is 4.79 Å². The Bertz CT molecular complexity index is 352. The molecule has 3 nitrogen and oxygen atoms in total. The van der Waals surface area contributed by atoms with Gasteiger partial charge in [-0.3, -0.25) is 4.79 Å². The van der Waals surface area contributed by atoms with Crippen molar-refractivity contribution in [2.24, 2.45) is 0 Å². The van der Waals surface area contributed by atoms with Crippen LogP contribution >= 0.6 is 0 Å². The van der Waals surface area contributed by atoms with Crippen LogP contribution in [-0.4, -0.2) is 32.0 Å². The van der Waals surface area contributed by atoms with E-state index < -0.39 is 0 Å². The summed E-state index contributed by atoms with van der Waals surface area (Å²) in [4.78, 5) is 13.4. The van der Waals surface area contributed by atoms with Crippen molar-refractivity contribution in [3.8, 4) is 0 Å². The largest absolute Gasteiger partial charge is 0.368 e. The number of rotatable bonds is 3. The molecule has 1 aromatic rings. The predicted octanol–water partition coefficient (Wildman–Crippen LogP) is 1.30. The zero-order valence-electron chi connectivity index (χ0n) is 9.16. The summed E-state index contributed by atoms with van der Waals surface area (Å²) in [6.45, 7) is 3.70. The van der Waals surface area contributed by atoms with Crippen molar-refractivity contribution in [2.75, 3.05) is 25.0 Å². The Balaban J connectivity index is 2.02. The van der Waals surface area contributed by atoms with Gasteiger partial charge in [0.25, 0.3) is 0 Å². The average Bonchev–Trinajstić information content (AvgIpc) is 2.17. The third-order valence-corrected chi connectivity index (χ3v) is 2.93. The minimum Gasteiger partial charge on any atom is -0.368 e. The number of ketones is 1. The van der Waals surface area contributed by atoms with Gasteiger partial charge in [-0.2, -0.15) is 0 Å². The quantitative estimate of drug-likeness (QED) is 0.753. The molecule has 1 N–H and O–H groups in total. The van der Waals surface area contributed by atoms with Crippen molar-refractivity contribution >= 4 is 11.5 Å². The van der Waals surface area contributed by atoms with Gasteiger partial charge in [0.05, 0.1) is 0 Å². The smallest absolute Gasteiger partial charge is 0.159 e. The van der Waals surface area contributed by atoms with Gasteiger partial charge >= 0.3 is 0 Å². The number of hydrogen-bond donors (Lipinski definition) is 1. The zero-order chi connectivity index (χ0) is 10.8. The molecule has 1 aliphatic heterocycles. The zero-order valence-corrected chi connectivity index (χ0v) is 9.16. The van der Waals surface area contributed by atoms with Crippen molar-refractivity contribution in [2.45, 2.75) is 13.0 Å². The van der Waals surface area contributed by atoms with Gasteiger partial charge < -0.3 is 10.2 Å². The third-order valence-electron chi connectivity index (χ3n) is 2.93. The first-order chi connectivity index (χ1) is 7.20. The molecule has 0 spiro atoms. The normalized spacial score (nSPS) is 16.3. The third kappa shape index (κ3) is 2.02. The highest BCUT2D eigenvalue weighted by Gasteiger charge is 2.24. The molecule has 0 amide bonds. The summed E-state index contributed by atoms with van der Waals surface area (Å²) in [7, 11) is 1.99. The van der Waals surface area contributed by atoms with Gasteiger partial charge in [-0.1, -0.05) is 0 Å². The van der Waals surface area contributed by atoms with Crippen molar-refractivity contribution in [1.82, 2.24) is 5.32 Å². The molecule has 80 valence electrons. The molecule has 0 bridgehead atoms. The maximum absolute atomic E-state index is 11.1. The van der Waals surface area contributed by atoms with E-state index >= 15 is 0 Å². The first-order valence-corrected chi connectivity index (χ1v) is 5.24. The molecule has 0 aromatic heterocycles. The number of carbonyl (C=O) groups is 1. The second-order valence-electron chi connectivity index (χ2n) is 3.99. The summed E-state index contributed by atoms with van der Waals surface area (Å²) < 4.78 is 0. The number of hydrogen-bond acceptors (Lipinski definition) is 3. The molecule has 0 unspecified atom stereocenters. The Hall–Kier alpha value is -1.35. The molecule has 0 radical (unpaired) electrons. The van der Waals surface area contributed by atoms with Crippen LogP contribution in [0.2, 0.25) is 0 Å². The summed E-state index contributed by atoms with van der Waals surface area (Å²) >= 11 is 0. The van der Waals surface area contributed by atoms with Crippen LogP contribution in [0.25, 0.3) is 0 Å². The Morgan fingerprint density at radius 1 is 1.33 bits per heavy atom. The summed E-state index contributed by atoms with van der Waals surface area (Å²) in [6.07, 6.45) is 0. The van der Waals surface area contributed by atoms with E-state index in [0.717, 1.165) is 18.7 Å². The maximum Gasteiger partial charge on any atom is 0.159 e. The monoisotopic (exact) mass is 204 g/mol. The SMILES string of the molecule is CNC1CN(c2ccc(C(C)=O)cc2)C1. The molecule has 1 heterocycles. The fraction of sp³-hybridized carbons (Fsp3) is 0.417. The molecule has 2 rings (SSSR count). The van der Waals surface area contributed by atoms with E-state index in [1.807, 2.05) is 31.3 Å². The molecule has 1 aliphatic rings. The van der Waals surface area contributed by atoms with Crippen LogP contribution in [0.3, 0.4) is 0 Å². The summed E-state index contributed by atoms with van der Waals surface area (Å²) in [5.41, 5.74) is 1.98. The van der Waals surface area contributed by atoms with Gasteiger partial charge in [0.2, 0.25) is 0 Å². The van der Waals surface area contributed by atoms with Crippen LogP contribution in [0.4, 0.5) is 5.69 Å². The van der Waals surface area contributed by atoms with Crippen LogP contribution in [-0.2, 0) is 0 Å². The molecule has 0 atom stereocenters. The van der Waals surface area contributed by atoms with E-state index in [-0.39, 0.29) is 5.78 Å². The molecule has 3 heteroatoms. The fourth-order valence-corrected chi connectivity index (χ4v) is 1.78. The average molecular weight is 204 g/mol. The molecule has 0 aliphatic carbocycles. The number of benzene rings is 1. The fourth-order valence-electron chi connectivity index (χ4n) is 1.78. The number of likely N-dealkylation sites (N-methyl/N-ethyl adjacent to an activating group) is 1. The molecular weight excluding hydrogens is 188 g/mol. The molecule has 15 heavy (non-hydrogen) atoms. The molecule has 0 saturated carbocycles. The van der Waals surface area contributed by atoms with Gasteiger partial charge in [-0.15, -0.1) is 0 Å².